The van der Waals surface area contributed by atoms with E-state index in [4.69, 9.17) is 4.98 Å². The molecule has 1 saturated carbocycles. The number of aromatic nitrogens is 1. The normalized spacial score (nSPS) is 14.5. The van der Waals surface area contributed by atoms with Crippen molar-refractivity contribution in [3.63, 3.8) is 0 Å². The highest BCUT2D eigenvalue weighted by Crippen LogP contribution is 2.26. The predicted octanol–water partition coefficient (Wildman–Crippen LogP) is 4.92. The SMILES string of the molecule is CC(=O)Nc1ccc(-c2cc(C(=O)NC3CCCCC3)c3ccccc3n2)cc1. The van der Waals surface area contributed by atoms with E-state index in [9.17, 15) is 9.59 Å². The first-order valence-electron chi connectivity index (χ1n) is 10.2. The maximum atomic E-state index is 13.1. The van der Waals surface area contributed by atoms with E-state index in [1.54, 1.807) is 0 Å². The molecular formula is C24H25N3O2. The van der Waals surface area contributed by atoms with Crippen molar-refractivity contribution in [3.8, 4) is 11.3 Å². The van der Waals surface area contributed by atoms with E-state index in [0.717, 1.165) is 40.7 Å². The van der Waals surface area contributed by atoms with Gasteiger partial charge >= 0.3 is 0 Å². The molecule has 2 N–H and O–H groups in total. The molecule has 1 heterocycles. The lowest BCUT2D eigenvalue weighted by Crippen LogP contribution is -2.36. The Morgan fingerprint density at radius 2 is 1.69 bits per heavy atom. The summed E-state index contributed by atoms with van der Waals surface area (Å²) in [5, 5.41) is 6.85. The summed E-state index contributed by atoms with van der Waals surface area (Å²) >= 11 is 0. The van der Waals surface area contributed by atoms with Crippen LogP contribution in [-0.2, 0) is 4.79 Å². The Morgan fingerprint density at radius 1 is 0.966 bits per heavy atom. The predicted molar refractivity (Wildman–Crippen MR) is 116 cm³/mol. The maximum Gasteiger partial charge on any atom is 0.252 e. The van der Waals surface area contributed by atoms with Crippen LogP contribution in [0.3, 0.4) is 0 Å². The first kappa shape index (κ1) is 19.1. The molecule has 0 unspecified atom stereocenters. The van der Waals surface area contributed by atoms with Crippen molar-refractivity contribution in [3.05, 3.63) is 60.2 Å². The van der Waals surface area contributed by atoms with E-state index in [1.165, 1.54) is 26.2 Å². The largest absolute Gasteiger partial charge is 0.349 e. The fourth-order valence-corrected chi connectivity index (χ4v) is 3.95. The molecule has 1 aliphatic rings. The standard InChI is InChI=1S/C24H25N3O2/c1-16(28)25-19-13-11-17(12-14-19)23-15-21(20-9-5-6-10-22(20)27-23)24(29)26-18-7-3-2-4-8-18/h5-6,9-15,18H,2-4,7-8H2,1H3,(H,25,28)(H,26,29). The number of fused-ring (bicyclic) bond motifs is 1. The molecule has 1 aromatic heterocycles. The summed E-state index contributed by atoms with van der Waals surface area (Å²) in [4.78, 5) is 29.1. The molecule has 0 bridgehead atoms. The highest BCUT2D eigenvalue weighted by Gasteiger charge is 2.19. The van der Waals surface area contributed by atoms with E-state index in [1.807, 2.05) is 54.6 Å². The third-order valence-electron chi connectivity index (χ3n) is 5.40. The number of para-hydroxylation sites is 1. The molecule has 0 atom stereocenters. The number of hydrogen-bond acceptors (Lipinski definition) is 3. The van der Waals surface area contributed by atoms with Crippen molar-refractivity contribution >= 4 is 28.4 Å². The van der Waals surface area contributed by atoms with Crippen molar-refractivity contribution < 1.29 is 9.59 Å². The first-order chi connectivity index (χ1) is 14.1. The van der Waals surface area contributed by atoms with Crippen LogP contribution in [0, 0.1) is 0 Å². The quantitative estimate of drug-likeness (QED) is 0.667. The van der Waals surface area contributed by atoms with Gasteiger partial charge < -0.3 is 10.6 Å². The van der Waals surface area contributed by atoms with Crippen LogP contribution >= 0.6 is 0 Å². The molecule has 0 radical (unpaired) electrons. The van der Waals surface area contributed by atoms with Gasteiger partial charge in [-0.05, 0) is 37.1 Å². The highest BCUT2D eigenvalue weighted by molar-refractivity contribution is 6.07. The van der Waals surface area contributed by atoms with Crippen LogP contribution in [0.5, 0.6) is 0 Å². The second-order valence-corrected chi connectivity index (χ2v) is 7.64. The lowest BCUT2D eigenvalue weighted by Gasteiger charge is -2.23. The second-order valence-electron chi connectivity index (χ2n) is 7.64. The summed E-state index contributed by atoms with van der Waals surface area (Å²) in [6, 6.07) is 17.4. The van der Waals surface area contributed by atoms with E-state index in [0.29, 0.717) is 5.56 Å². The van der Waals surface area contributed by atoms with E-state index in [-0.39, 0.29) is 17.9 Å². The van der Waals surface area contributed by atoms with Crippen molar-refractivity contribution in [2.24, 2.45) is 0 Å². The molecule has 5 nitrogen and oxygen atoms in total. The molecule has 1 aliphatic carbocycles. The lowest BCUT2D eigenvalue weighted by atomic mass is 9.95. The summed E-state index contributed by atoms with van der Waals surface area (Å²) in [5.74, 6) is -0.144. The zero-order valence-electron chi connectivity index (χ0n) is 16.6. The van der Waals surface area contributed by atoms with Crippen LogP contribution in [0.1, 0.15) is 49.4 Å². The molecule has 148 valence electrons. The number of nitrogens with zero attached hydrogens (tertiary/aromatic N) is 1. The summed E-state index contributed by atoms with van der Waals surface area (Å²) in [6.45, 7) is 1.48. The number of carbonyl (C=O) groups excluding carboxylic acids is 2. The monoisotopic (exact) mass is 387 g/mol. The first-order valence-corrected chi connectivity index (χ1v) is 10.2. The Labute approximate surface area is 170 Å². The van der Waals surface area contributed by atoms with E-state index in [2.05, 4.69) is 10.6 Å². The smallest absolute Gasteiger partial charge is 0.252 e. The topological polar surface area (TPSA) is 71.1 Å². The molecule has 5 heteroatoms. The Kier molecular flexibility index (Phi) is 5.56. The number of anilines is 1. The molecule has 0 aliphatic heterocycles. The fraction of sp³-hybridized carbons (Fsp3) is 0.292. The van der Waals surface area contributed by atoms with Crippen LogP contribution in [0.4, 0.5) is 5.69 Å². The molecule has 2 aromatic carbocycles. The summed E-state index contributed by atoms with van der Waals surface area (Å²) in [7, 11) is 0. The Balaban J connectivity index is 1.68. The average Bonchev–Trinajstić information content (AvgIpc) is 2.74. The summed E-state index contributed by atoms with van der Waals surface area (Å²) in [5.41, 5.74) is 3.83. The van der Waals surface area contributed by atoms with Gasteiger partial charge in [0, 0.05) is 29.6 Å². The van der Waals surface area contributed by atoms with Crippen molar-refractivity contribution in [1.29, 1.82) is 0 Å². The van der Waals surface area contributed by atoms with Gasteiger partial charge in [-0.2, -0.15) is 0 Å². The van der Waals surface area contributed by atoms with Gasteiger partial charge in [0.25, 0.3) is 5.91 Å². The second kappa shape index (κ2) is 8.43. The van der Waals surface area contributed by atoms with Gasteiger partial charge in [0.15, 0.2) is 0 Å². The van der Waals surface area contributed by atoms with Crippen LogP contribution in [0.25, 0.3) is 22.2 Å². The van der Waals surface area contributed by atoms with Crippen LogP contribution in [0.2, 0.25) is 0 Å². The minimum absolute atomic E-state index is 0.0355. The maximum absolute atomic E-state index is 13.1. The van der Waals surface area contributed by atoms with Gasteiger partial charge in [0.1, 0.15) is 0 Å². The average molecular weight is 387 g/mol. The molecular weight excluding hydrogens is 362 g/mol. The molecule has 2 amide bonds. The number of pyridine rings is 1. The number of amides is 2. The number of hydrogen-bond donors (Lipinski definition) is 2. The summed E-state index contributed by atoms with van der Waals surface area (Å²) < 4.78 is 0. The van der Waals surface area contributed by atoms with Crippen molar-refractivity contribution in [1.82, 2.24) is 10.3 Å². The number of carbonyl (C=O) groups is 2. The van der Waals surface area contributed by atoms with Gasteiger partial charge in [0.2, 0.25) is 5.91 Å². The Hall–Kier alpha value is -3.21. The van der Waals surface area contributed by atoms with Gasteiger partial charge in [-0.15, -0.1) is 0 Å². The number of rotatable bonds is 4. The molecule has 29 heavy (non-hydrogen) atoms. The number of nitrogens with one attached hydrogen (secondary N) is 2. The minimum atomic E-state index is -0.108. The van der Waals surface area contributed by atoms with Crippen molar-refractivity contribution in [2.45, 2.75) is 45.1 Å². The lowest BCUT2D eigenvalue weighted by molar-refractivity contribution is -0.114. The zero-order chi connectivity index (χ0) is 20.2. The Bertz CT molecular complexity index is 1040. The molecule has 4 rings (SSSR count). The van der Waals surface area contributed by atoms with Crippen LogP contribution in [-0.4, -0.2) is 22.8 Å². The molecule has 0 spiro atoms. The zero-order valence-corrected chi connectivity index (χ0v) is 16.6. The van der Waals surface area contributed by atoms with Gasteiger partial charge in [-0.25, -0.2) is 4.98 Å². The highest BCUT2D eigenvalue weighted by atomic mass is 16.2. The molecule has 3 aromatic rings. The third kappa shape index (κ3) is 4.45. The van der Waals surface area contributed by atoms with Gasteiger partial charge in [0.05, 0.1) is 16.8 Å². The van der Waals surface area contributed by atoms with Gasteiger partial charge in [-0.1, -0.05) is 49.6 Å². The Morgan fingerprint density at radius 3 is 2.41 bits per heavy atom. The van der Waals surface area contributed by atoms with E-state index < -0.39 is 0 Å². The van der Waals surface area contributed by atoms with E-state index >= 15 is 0 Å². The van der Waals surface area contributed by atoms with Crippen LogP contribution < -0.4 is 10.6 Å². The third-order valence-corrected chi connectivity index (χ3v) is 5.40. The van der Waals surface area contributed by atoms with Crippen LogP contribution in [0.15, 0.2) is 54.6 Å². The van der Waals surface area contributed by atoms with Gasteiger partial charge in [-0.3, -0.25) is 9.59 Å². The molecule has 1 fully saturated rings. The number of benzene rings is 2. The fourth-order valence-electron chi connectivity index (χ4n) is 3.95. The molecule has 0 saturated heterocycles. The minimum Gasteiger partial charge on any atom is -0.349 e. The van der Waals surface area contributed by atoms with Crippen molar-refractivity contribution in [2.75, 3.05) is 5.32 Å². The summed E-state index contributed by atoms with van der Waals surface area (Å²) in [6.07, 6.45) is 5.70.